The quantitative estimate of drug-likeness (QED) is 0.275. The van der Waals surface area contributed by atoms with Gasteiger partial charge in [0.05, 0.1) is 11.4 Å². The Hall–Kier alpha value is -4.09. The van der Waals surface area contributed by atoms with Gasteiger partial charge in [-0.1, -0.05) is 54.6 Å². The molecule has 0 spiro atoms. The normalized spacial score (nSPS) is 11.0. The van der Waals surface area contributed by atoms with Crippen LogP contribution in [0.4, 0.5) is 4.39 Å². The van der Waals surface area contributed by atoms with Gasteiger partial charge in [0.2, 0.25) is 0 Å². The van der Waals surface area contributed by atoms with Gasteiger partial charge in [0.25, 0.3) is 0 Å². The molecule has 34 heavy (non-hydrogen) atoms. The summed E-state index contributed by atoms with van der Waals surface area (Å²) in [5, 5.41) is 3.51. The number of pyridine rings is 1. The standard InChI is InChI=1S/C29H25FN4/c30-26-12-10-23(11-13-26)27-28(24-15-18-31-19-16-24)34-29(33-27)25-8-6-22(7-9-25)20-32-17-14-21-4-2-1-3-5-21/h1-13,15-16,18-19,32H,14,17,20H2,(H,33,34). The predicted octanol–water partition coefficient (Wildman–Crippen LogP) is 6.28. The maximum atomic E-state index is 13.5. The van der Waals surface area contributed by atoms with Crippen molar-refractivity contribution in [2.24, 2.45) is 0 Å². The van der Waals surface area contributed by atoms with Gasteiger partial charge in [0.15, 0.2) is 0 Å². The predicted molar refractivity (Wildman–Crippen MR) is 135 cm³/mol. The lowest BCUT2D eigenvalue weighted by Crippen LogP contribution is -2.16. The second-order valence-electron chi connectivity index (χ2n) is 8.16. The first-order chi connectivity index (χ1) is 16.8. The molecule has 0 bridgehead atoms. The molecule has 2 N–H and O–H groups in total. The lowest BCUT2D eigenvalue weighted by atomic mass is 10.1. The number of H-pyrrole nitrogens is 1. The number of nitrogens with one attached hydrogen (secondary N) is 2. The summed E-state index contributed by atoms with van der Waals surface area (Å²) in [6.07, 6.45) is 4.52. The molecular weight excluding hydrogens is 423 g/mol. The Labute approximate surface area is 198 Å². The van der Waals surface area contributed by atoms with Crippen LogP contribution in [0.25, 0.3) is 33.9 Å². The van der Waals surface area contributed by atoms with Crippen LogP contribution in [0, 0.1) is 5.82 Å². The second kappa shape index (κ2) is 10.2. The van der Waals surface area contributed by atoms with E-state index in [9.17, 15) is 4.39 Å². The monoisotopic (exact) mass is 448 g/mol. The molecule has 0 fully saturated rings. The summed E-state index contributed by atoms with van der Waals surface area (Å²) in [5.74, 6) is 0.507. The molecule has 0 atom stereocenters. The van der Waals surface area contributed by atoms with E-state index in [0.29, 0.717) is 0 Å². The highest BCUT2D eigenvalue weighted by Gasteiger charge is 2.15. The molecule has 0 unspecified atom stereocenters. The minimum atomic E-state index is -0.266. The maximum Gasteiger partial charge on any atom is 0.138 e. The minimum Gasteiger partial charge on any atom is -0.337 e. The first kappa shape index (κ1) is 21.7. The van der Waals surface area contributed by atoms with Crippen LogP contribution in [0.3, 0.4) is 0 Å². The van der Waals surface area contributed by atoms with Crippen molar-refractivity contribution in [2.75, 3.05) is 6.54 Å². The molecule has 0 amide bonds. The van der Waals surface area contributed by atoms with E-state index in [0.717, 1.165) is 53.4 Å². The largest absolute Gasteiger partial charge is 0.337 e. The molecule has 3 aromatic carbocycles. The molecule has 0 aliphatic carbocycles. The zero-order valence-electron chi connectivity index (χ0n) is 18.7. The summed E-state index contributed by atoms with van der Waals surface area (Å²) in [7, 11) is 0. The lowest BCUT2D eigenvalue weighted by Gasteiger charge is -2.06. The molecule has 0 saturated carbocycles. The third-order valence-corrected chi connectivity index (χ3v) is 5.78. The van der Waals surface area contributed by atoms with Gasteiger partial charge < -0.3 is 10.3 Å². The van der Waals surface area contributed by atoms with Crippen LogP contribution in [0.1, 0.15) is 11.1 Å². The van der Waals surface area contributed by atoms with Crippen LogP contribution in [-0.2, 0) is 13.0 Å². The van der Waals surface area contributed by atoms with E-state index in [1.807, 2.05) is 18.2 Å². The molecule has 5 rings (SSSR count). The van der Waals surface area contributed by atoms with Crippen LogP contribution in [0.5, 0.6) is 0 Å². The number of rotatable bonds is 8. The van der Waals surface area contributed by atoms with E-state index in [1.54, 1.807) is 24.5 Å². The van der Waals surface area contributed by atoms with E-state index in [2.05, 4.69) is 63.8 Å². The third kappa shape index (κ3) is 5.11. The van der Waals surface area contributed by atoms with Gasteiger partial charge in [-0.2, -0.15) is 0 Å². The Kier molecular flexibility index (Phi) is 6.54. The van der Waals surface area contributed by atoms with Gasteiger partial charge in [-0.05, 0) is 60.5 Å². The Morgan fingerprint density at radius 2 is 1.41 bits per heavy atom. The van der Waals surface area contributed by atoms with Crippen LogP contribution in [-0.4, -0.2) is 21.5 Å². The van der Waals surface area contributed by atoms with Gasteiger partial charge in [0, 0.05) is 35.6 Å². The number of nitrogens with zero attached hydrogens (tertiary/aromatic N) is 2. The molecule has 4 nitrogen and oxygen atoms in total. The maximum absolute atomic E-state index is 13.5. The highest BCUT2D eigenvalue weighted by molar-refractivity contribution is 5.81. The topological polar surface area (TPSA) is 53.6 Å². The SMILES string of the molecule is Fc1ccc(-c2nc(-c3ccc(CNCCc4ccccc4)cc3)[nH]c2-c2ccncc2)cc1. The number of imidazole rings is 1. The van der Waals surface area contributed by atoms with E-state index in [4.69, 9.17) is 4.98 Å². The van der Waals surface area contributed by atoms with Gasteiger partial charge in [-0.3, -0.25) is 4.98 Å². The second-order valence-corrected chi connectivity index (χ2v) is 8.16. The molecule has 2 aromatic heterocycles. The number of hydrogen-bond acceptors (Lipinski definition) is 3. The van der Waals surface area contributed by atoms with Gasteiger partial charge >= 0.3 is 0 Å². The van der Waals surface area contributed by atoms with Gasteiger partial charge in [0.1, 0.15) is 11.6 Å². The molecule has 2 heterocycles. The zero-order valence-corrected chi connectivity index (χ0v) is 18.7. The Bertz CT molecular complexity index is 1330. The highest BCUT2D eigenvalue weighted by Crippen LogP contribution is 2.33. The Balaban J connectivity index is 1.33. The molecule has 0 radical (unpaired) electrons. The lowest BCUT2D eigenvalue weighted by molar-refractivity contribution is 0.628. The molecule has 168 valence electrons. The molecular formula is C29H25FN4. The Morgan fingerprint density at radius 3 is 2.15 bits per heavy atom. The number of benzene rings is 3. The zero-order chi connectivity index (χ0) is 23.2. The van der Waals surface area contributed by atoms with Crippen molar-refractivity contribution in [2.45, 2.75) is 13.0 Å². The minimum absolute atomic E-state index is 0.266. The van der Waals surface area contributed by atoms with Crippen molar-refractivity contribution >= 4 is 0 Å². The highest BCUT2D eigenvalue weighted by atomic mass is 19.1. The van der Waals surface area contributed by atoms with Crippen LogP contribution in [0.15, 0.2) is 103 Å². The number of halogens is 1. The van der Waals surface area contributed by atoms with Crippen molar-refractivity contribution < 1.29 is 4.39 Å². The number of aromatic amines is 1. The van der Waals surface area contributed by atoms with Crippen LogP contribution < -0.4 is 5.32 Å². The summed E-state index contributed by atoms with van der Waals surface area (Å²) >= 11 is 0. The van der Waals surface area contributed by atoms with E-state index < -0.39 is 0 Å². The summed E-state index contributed by atoms with van der Waals surface area (Å²) in [5.41, 5.74) is 7.06. The fourth-order valence-corrected chi connectivity index (χ4v) is 3.94. The summed E-state index contributed by atoms with van der Waals surface area (Å²) in [6.45, 7) is 1.74. The summed E-state index contributed by atoms with van der Waals surface area (Å²) in [6, 6.07) is 29.2. The smallest absolute Gasteiger partial charge is 0.138 e. The average molecular weight is 449 g/mol. The fraction of sp³-hybridized carbons (Fsp3) is 0.103. The van der Waals surface area contributed by atoms with Crippen LogP contribution in [0.2, 0.25) is 0 Å². The van der Waals surface area contributed by atoms with Crippen molar-refractivity contribution in [3.8, 4) is 33.9 Å². The van der Waals surface area contributed by atoms with Crippen LogP contribution >= 0.6 is 0 Å². The van der Waals surface area contributed by atoms with E-state index in [1.165, 1.54) is 23.3 Å². The van der Waals surface area contributed by atoms with Gasteiger partial charge in [-0.25, -0.2) is 9.37 Å². The number of aromatic nitrogens is 3. The molecule has 0 aliphatic heterocycles. The molecule has 0 aliphatic rings. The summed E-state index contributed by atoms with van der Waals surface area (Å²) in [4.78, 5) is 12.5. The Morgan fingerprint density at radius 1 is 0.706 bits per heavy atom. The van der Waals surface area contributed by atoms with Crippen molar-refractivity contribution in [3.05, 3.63) is 120 Å². The number of hydrogen-bond donors (Lipinski definition) is 2. The molecule has 5 heteroatoms. The first-order valence-corrected chi connectivity index (χ1v) is 11.4. The third-order valence-electron chi connectivity index (χ3n) is 5.78. The van der Waals surface area contributed by atoms with E-state index in [-0.39, 0.29) is 5.82 Å². The van der Waals surface area contributed by atoms with Crippen molar-refractivity contribution in [1.29, 1.82) is 0 Å². The fourth-order valence-electron chi connectivity index (χ4n) is 3.94. The summed E-state index contributed by atoms with van der Waals surface area (Å²) < 4.78 is 13.5. The van der Waals surface area contributed by atoms with Crippen molar-refractivity contribution in [1.82, 2.24) is 20.3 Å². The average Bonchev–Trinajstić information content (AvgIpc) is 3.34. The molecule has 5 aromatic rings. The molecule has 0 saturated heterocycles. The first-order valence-electron chi connectivity index (χ1n) is 11.4. The van der Waals surface area contributed by atoms with Gasteiger partial charge in [-0.15, -0.1) is 0 Å². The van der Waals surface area contributed by atoms with E-state index >= 15 is 0 Å². The van der Waals surface area contributed by atoms with Crippen molar-refractivity contribution in [3.63, 3.8) is 0 Å².